The van der Waals surface area contributed by atoms with Crippen LogP contribution < -0.4 is 4.90 Å². The van der Waals surface area contributed by atoms with Gasteiger partial charge in [-0.2, -0.15) is 0 Å². The predicted molar refractivity (Wildman–Crippen MR) is 71.3 cm³/mol. The lowest BCUT2D eigenvalue weighted by atomic mass is 10.3. The standard InChI is InChI=1S/C11H17ClN2O2S/c1-4-6-7-14(5-2)11-13-9(12)8(17-11)10(15)16-3/h4-7H2,1-3H3. The maximum Gasteiger partial charge on any atom is 0.351 e. The van der Waals surface area contributed by atoms with E-state index < -0.39 is 5.97 Å². The monoisotopic (exact) mass is 276 g/mol. The van der Waals surface area contributed by atoms with Crippen molar-refractivity contribution < 1.29 is 9.53 Å². The van der Waals surface area contributed by atoms with Gasteiger partial charge >= 0.3 is 5.97 Å². The minimum absolute atomic E-state index is 0.229. The van der Waals surface area contributed by atoms with E-state index in [4.69, 9.17) is 11.6 Å². The molecule has 1 aromatic rings. The van der Waals surface area contributed by atoms with E-state index in [1.165, 1.54) is 18.4 Å². The number of thiazole rings is 1. The molecule has 0 N–H and O–H groups in total. The maximum atomic E-state index is 11.4. The van der Waals surface area contributed by atoms with Gasteiger partial charge in [0.15, 0.2) is 15.2 Å². The SMILES string of the molecule is CCCCN(CC)c1nc(Cl)c(C(=O)OC)s1. The van der Waals surface area contributed by atoms with E-state index in [0.717, 1.165) is 31.1 Å². The molecule has 0 saturated heterocycles. The van der Waals surface area contributed by atoms with Crippen LogP contribution in [0.25, 0.3) is 0 Å². The number of nitrogens with zero attached hydrogens (tertiary/aromatic N) is 2. The maximum absolute atomic E-state index is 11.4. The van der Waals surface area contributed by atoms with Crippen LogP contribution in [0.2, 0.25) is 5.15 Å². The van der Waals surface area contributed by atoms with Crippen molar-refractivity contribution in [1.29, 1.82) is 0 Å². The summed E-state index contributed by atoms with van der Waals surface area (Å²) in [6.07, 6.45) is 2.22. The number of ether oxygens (including phenoxy) is 1. The molecule has 0 fully saturated rings. The third kappa shape index (κ3) is 3.57. The van der Waals surface area contributed by atoms with E-state index in [1.54, 1.807) is 0 Å². The van der Waals surface area contributed by atoms with Crippen LogP contribution in [0.5, 0.6) is 0 Å². The summed E-state index contributed by atoms with van der Waals surface area (Å²) >= 11 is 7.21. The van der Waals surface area contributed by atoms with Gasteiger partial charge in [-0.05, 0) is 13.3 Å². The van der Waals surface area contributed by atoms with Gasteiger partial charge in [0, 0.05) is 13.1 Å². The van der Waals surface area contributed by atoms with Crippen LogP contribution in [0.15, 0.2) is 0 Å². The quantitative estimate of drug-likeness (QED) is 0.748. The van der Waals surface area contributed by atoms with E-state index in [9.17, 15) is 4.79 Å². The van der Waals surface area contributed by atoms with Crippen LogP contribution in [0.4, 0.5) is 5.13 Å². The zero-order chi connectivity index (χ0) is 12.8. The number of hydrogen-bond acceptors (Lipinski definition) is 5. The lowest BCUT2D eigenvalue weighted by Crippen LogP contribution is -2.23. The molecule has 0 spiro atoms. The van der Waals surface area contributed by atoms with E-state index in [2.05, 4.69) is 28.5 Å². The Labute approximate surface area is 111 Å². The summed E-state index contributed by atoms with van der Waals surface area (Å²) in [5.74, 6) is -0.426. The lowest BCUT2D eigenvalue weighted by Gasteiger charge is -2.18. The molecular weight excluding hydrogens is 260 g/mol. The van der Waals surface area contributed by atoms with Crippen molar-refractivity contribution in [3.63, 3.8) is 0 Å². The van der Waals surface area contributed by atoms with Crippen LogP contribution in [-0.2, 0) is 4.74 Å². The molecule has 0 bridgehead atoms. The number of hydrogen-bond donors (Lipinski definition) is 0. The van der Waals surface area contributed by atoms with Crippen molar-refractivity contribution in [3.8, 4) is 0 Å². The molecule has 96 valence electrons. The van der Waals surface area contributed by atoms with Crippen molar-refractivity contribution >= 4 is 34.0 Å². The van der Waals surface area contributed by atoms with Gasteiger partial charge in [-0.15, -0.1) is 0 Å². The molecule has 1 heterocycles. The van der Waals surface area contributed by atoms with E-state index in [1.807, 2.05) is 0 Å². The number of halogens is 1. The molecule has 0 unspecified atom stereocenters. The lowest BCUT2D eigenvalue weighted by molar-refractivity contribution is 0.0606. The highest BCUT2D eigenvalue weighted by atomic mass is 35.5. The van der Waals surface area contributed by atoms with Gasteiger partial charge in [-0.1, -0.05) is 36.3 Å². The second kappa shape index (κ2) is 6.81. The first-order valence-electron chi connectivity index (χ1n) is 5.63. The number of carbonyl (C=O) groups is 1. The first kappa shape index (κ1) is 14.3. The fourth-order valence-electron chi connectivity index (χ4n) is 1.38. The molecule has 0 saturated carbocycles. The van der Waals surface area contributed by atoms with Gasteiger partial charge in [-0.3, -0.25) is 0 Å². The van der Waals surface area contributed by atoms with Crippen LogP contribution in [0.1, 0.15) is 36.4 Å². The van der Waals surface area contributed by atoms with Crippen LogP contribution in [0, 0.1) is 0 Å². The highest BCUT2D eigenvalue weighted by Crippen LogP contribution is 2.30. The Morgan fingerprint density at radius 2 is 2.24 bits per heavy atom. The Morgan fingerprint density at radius 3 is 2.76 bits per heavy atom. The van der Waals surface area contributed by atoms with Gasteiger partial charge < -0.3 is 9.64 Å². The number of anilines is 1. The zero-order valence-corrected chi connectivity index (χ0v) is 11.9. The number of methoxy groups -OCH3 is 1. The first-order chi connectivity index (χ1) is 8.13. The summed E-state index contributed by atoms with van der Waals surface area (Å²) in [5, 5.41) is 1.01. The Balaban J connectivity index is 2.86. The third-order valence-electron chi connectivity index (χ3n) is 2.38. The molecular formula is C11H17ClN2O2S. The number of carbonyl (C=O) groups excluding carboxylic acids is 1. The average Bonchev–Trinajstić information content (AvgIpc) is 2.71. The van der Waals surface area contributed by atoms with E-state index in [-0.39, 0.29) is 5.15 Å². The predicted octanol–water partition coefficient (Wildman–Crippen LogP) is 3.21. The smallest absolute Gasteiger partial charge is 0.351 e. The summed E-state index contributed by atoms with van der Waals surface area (Å²) in [7, 11) is 1.34. The molecule has 1 aromatic heterocycles. The summed E-state index contributed by atoms with van der Waals surface area (Å²) in [6.45, 7) is 5.98. The molecule has 0 amide bonds. The molecule has 0 aliphatic heterocycles. The van der Waals surface area contributed by atoms with E-state index >= 15 is 0 Å². The van der Waals surface area contributed by atoms with Crippen molar-refractivity contribution in [2.75, 3.05) is 25.1 Å². The summed E-state index contributed by atoms with van der Waals surface area (Å²) in [4.78, 5) is 18.1. The molecule has 4 nitrogen and oxygen atoms in total. The second-order valence-electron chi connectivity index (χ2n) is 3.54. The summed E-state index contributed by atoms with van der Waals surface area (Å²) in [5.41, 5.74) is 0. The first-order valence-corrected chi connectivity index (χ1v) is 6.83. The van der Waals surface area contributed by atoms with Crippen molar-refractivity contribution in [3.05, 3.63) is 10.0 Å². The van der Waals surface area contributed by atoms with Crippen LogP contribution in [-0.4, -0.2) is 31.2 Å². The van der Waals surface area contributed by atoms with Crippen molar-refractivity contribution in [2.24, 2.45) is 0 Å². The molecule has 0 radical (unpaired) electrons. The van der Waals surface area contributed by atoms with Crippen LogP contribution in [0.3, 0.4) is 0 Å². The Hall–Kier alpha value is -0.810. The number of aromatic nitrogens is 1. The highest BCUT2D eigenvalue weighted by molar-refractivity contribution is 7.18. The van der Waals surface area contributed by atoms with Gasteiger partial charge in [0.25, 0.3) is 0 Å². The zero-order valence-electron chi connectivity index (χ0n) is 10.3. The molecule has 0 aliphatic carbocycles. The number of rotatable bonds is 6. The number of esters is 1. The van der Waals surface area contributed by atoms with Crippen LogP contribution >= 0.6 is 22.9 Å². The van der Waals surface area contributed by atoms with Gasteiger partial charge in [-0.25, -0.2) is 9.78 Å². The molecule has 0 aliphatic rings. The molecule has 17 heavy (non-hydrogen) atoms. The van der Waals surface area contributed by atoms with E-state index in [0.29, 0.717) is 4.88 Å². The topological polar surface area (TPSA) is 42.4 Å². The normalized spacial score (nSPS) is 10.4. The number of unbranched alkanes of at least 4 members (excludes halogenated alkanes) is 1. The fourth-order valence-corrected chi connectivity index (χ4v) is 2.67. The van der Waals surface area contributed by atoms with Gasteiger partial charge in [0.1, 0.15) is 0 Å². The van der Waals surface area contributed by atoms with Gasteiger partial charge in [0.2, 0.25) is 0 Å². The largest absolute Gasteiger partial charge is 0.465 e. The average molecular weight is 277 g/mol. The Morgan fingerprint density at radius 1 is 1.53 bits per heavy atom. The van der Waals surface area contributed by atoms with Gasteiger partial charge in [0.05, 0.1) is 7.11 Å². The molecule has 6 heteroatoms. The molecule has 0 atom stereocenters. The third-order valence-corrected chi connectivity index (χ3v) is 3.86. The second-order valence-corrected chi connectivity index (χ2v) is 4.88. The minimum atomic E-state index is -0.426. The highest BCUT2D eigenvalue weighted by Gasteiger charge is 2.19. The van der Waals surface area contributed by atoms with Crippen molar-refractivity contribution in [2.45, 2.75) is 26.7 Å². The fraction of sp³-hybridized carbons (Fsp3) is 0.636. The van der Waals surface area contributed by atoms with Crippen molar-refractivity contribution in [1.82, 2.24) is 4.98 Å². The summed E-state index contributed by atoms with van der Waals surface area (Å²) < 4.78 is 4.65. The molecule has 0 aromatic carbocycles. The minimum Gasteiger partial charge on any atom is -0.465 e. The summed E-state index contributed by atoms with van der Waals surface area (Å²) in [6, 6.07) is 0. The Bertz CT molecular complexity index is 382. The molecule has 1 rings (SSSR count). The Kier molecular flexibility index (Phi) is 5.71.